The fourth-order valence-corrected chi connectivity index (χ4v) is 0.425. The highest BCUT2D eigenvalue weighted by Crippen LogP contribution is 1.84. The molecule has 0 radical (unpaired) electrons. The molecule has 0 atom stereocenters. The van der Waals surface area contributed by atoms with Gasteiger partial charge in [0.2, 0.25) is 0 Å². The van der Waals surface area contributed by atoms with Crippen molar-refractivity contribution < 1.29 is 34.4 Å². The molecule has 0 aliphatic heterocycles. The average molecular weight is 246 g/mol. The van der Waals surface area contributed by atoms with Gasteiger partial charge in [0.05, 0.1) is 6.61 Å². The van der Waals surface area contributed by atoms with Gasteiger partial charge in [0.1, 0.15) is 0 Å². The van der Waals surface area contributed by atoms with Gasteiger partial charge in [0.15, 0.2) is 0 Å². The van der Waals surface area contributed by atoms with E-state index in [-0.39, 0.29) is 13.2 Å². The molecule has 0 bridgehead atoms. The lowest BCUT2D eigenvalue weighted by Crippen LogP contribution is -2.04. The van der Waals surface area contributed by atoms with E-state index < -0.39 is 17.9 Å². The molecule has 0 unspecified atom stereocenters. The van der Waals surface area contributed by atoms with Crippen LogP contribution < -0.4 is 0 Å². The van der Waals surface area contributed by atoms with Crippen LogP contribution in [0.2, 0.25) is 0 Å². The van der Waals surface area contributed by atoms with Gasteiger partial charge in [0.25, 0.3) is 0 Å². The summed E-state index contributed by atoms with van der Waals surface area (Å²) < 4.78 is 4.48. The van der Waals surface area contributed by atoms with Crippen molar-refractivity contribution in [3.63, 3.8) is 0 Å². The first-order chi connectivity index (χ1) is 7.93. The fraction of sp³-hybridized carbons (Fsp3) is 0.300. The largest absolute Gasteiger partial charge is 0.478 e. The second-order valence-corrected chi connectivity index (χ2v) is 2.46. The summed E-state index contributed by atoms with van der Waals surface area (Å²) in [6.45, 7) is 3.00. The standard InChI is InChI=1S/C7H10O5.C3H4O2/c8-4-1-5-12-7(11)3-2-6(9)10;1-2-3(4)5/h2-3,8H,1,4-5H2,(H,9,10);2H,1H2,(H,4,5)/b3-2-;. The van der Waals surface area contributed by atoms with Gasteiger partial charge >= 0.3 is 17.9 Å². The maximum Gasteiger partial charge on any atom is 0.331 e. The van der Waals surface area contributed by atoms with Crippen molar-refractivity contribution in [2.24, 2.45) is 0 Å². The Morgan fingerprint density at radius 2 is 1.65 bits per heavy atom. The van der Waals surface area contributed by atoms with Gasteiger partial charge < -0.3 is 20.1 Å². The number of carboxylic acid groups (broad SMARTS) is 2. The summed E-state index contributed by atoms with van der Waals surface area (Å²) in [5.74, 6) is -2.90. The van der Waals surface area contributed by atoms with Crippen molar-refractivity contribution in [3.05, 3.63) is 24.8 Å². The normalized spacial score (nSPS) is 9.00. The molecule has 0 aliphatic rings. The number of hydrogen-bond acceptors (Lipinski definition) is 5. The van der Waals surface area contributed by atoms with Crippen LogP contribution in [0.15, 0.2) is 24.8 Å². The predicted molar refractivity (Wildman–Crippen MR) is 57.3 cm³/mol. The summed E-state index contributed by atoms with van der Waals surface area (Å²) in [7, 11) is 0. The number of esters is 1. The van der Waals surface area contributed by atoms with E-state index in [1.165, 1.54) is 0 Å². The van der Waals surface area contributed by atoms with Crippen LogP contribution in [-0.2, 0) is 19.1 Å². The molecule has 0 aromatic carbocycles. The zero-order valence-electron chi connectivity index (χ0n) is 9.04. The van der Waals surface area contributed by atoms with Crippen molar-refractivity contribution in [2.45, 2.75) is 6.42 Å². The molecule has 3 N–H and O–H groups in total. The summed E-state index contributed by atoms with van der Waals surface area (Å²) in [5.41, 5.74) is 0. The number of carbonyl (C=O) groups excluding carboxylic acids is 1. The summed E-state index contributed by atoms with van der Waals surface area (Å²) in [4.78, 5) is 29.7. The topological polar surface area (TPSA) is 121 Å². The first kappa shape index (κ1) is 17.3. The number of hydrogen-bond donors (Lipinski definition) is 3. The van der Waals surface area contributed by atoms with E-state index in [0.717, 1.165) is 12.2 Å². The van der Waals surface area contributed by atoms with Crippen LogP contribution in [-0.4, -0.2) is 46.4 Å². The summed E-state index contributed by atoms with van der Waals surface area (Å²) in [6, 6.07) is 0. The fourth-order valence-electron chi connectivity index (χ4n) is 0.425. The third-order valence-electron chi connectivity index (χ3n) is 1.08. The number of aliphatic carboxylic acids is 2. The molecule has 0 spiro atoms. The van der Waals surface area contributed by atoms with Crippen molar-refractivity contribution in [1.82, 2.24) is 0 Å². The van der Waals surface area contributed by atoms with Gasteiger partial charge in [-0.05, 0) is 0 Å². The number of carbonyl (C=O) groups is 3. The quantitative estimate of drug-likeness (QED) is 0.337. The van der Waals surface area contributed by atoms with Gasteiger partial charge in [-0.1, -0.05) is 6.58 Å². The van der Waals surface area contributed by atoms with Gasteiger partial charge in [-0.25, -0.2) is 14.4 Å². The minimum atomic E-state index is -1.20. The number of aliphatic hydroxyl groups is 1. The van der Waals surface area contributed by atoms with Crippen LogP contribution in [0.3, 0.4) is 0 Å². The maximum absolute atomic E-state index is 10.6. The third-order valence-corrected chi connectivity index (χ3v) is 1.08. The molecule has 0 saturated carbocycles. The smallest absolute Gasteiger partial charge is 0.331 e. The second kappa shape index (κ2) is 11.9. The molecule has 0 heterocycles. The highest BCUT2D eigenvalue weighted by molar-refractivity contribution is 5.90. The zero-order chi connectivity index (χ0) is 13.7. The van der Waals surface area contributed by atoms with E-state index in [4.69, 9.17) is 15.3 Å². The molecule has 0 aromatic rings. The Morgan fingerprint density at radius 1 is 1.12 bits per heavy atom. The van der Waals surface area contributed by atoms with Crippen molar-refractivity contribution >= 4 is 17.9 Å². The number of aliphatic hydroxyl groups excluding tert-OH is 1. The van der Waals surface area contributed by atoms with E-state index in [2.05, 4.69) is 11.3 Å². The Kier molecular flexibility index (Phi) is 12.1. The lowest BCUT2D eigenvalue weighted by Gasteiger charge is -1.97. The monoisotopic (exact) mass is 246 g/mol. The molecule has 0 saturated heterocycles. The van der Waals surface area contributed by atoms with Crippen molar-refractivity contribution in [2.75, 3.05) is 13.2 Å². The van der Waals surface area contributed by atoms with E-state index in [0.29, 0.717) is 12.5 Å². The Balaban J connectivity index is 0. The van der Waals surface area contributed by atoms with Crippen LogP contribution in [0.5, 0.6) is 0 Å². The van der Waals surface area contributed by atoms with Gasteiger partial charge in [-0.15, -0.1) is 0 Å². The molecule has 0 amide bonds. The zero-order valence-corrected chi connectivity index (χ0v) is 9.04. The van der Waals surface area contributed by atoms with Crippen molar-refractivity contribution in [1.29, 1.82) is 0 Å². The van der Waals surface area contributed by atoms with Gasteiger partial charge in [-0.3, -0.25) is 0 Å². The SMILES string of the molecule is C=CC(=O)O.O=C(O)/C=C\C(=O)OCCCO. The van der Waals surface area contributed by atoms with E-state index >= 15 is 0 Å². The van der Waals surface area contributed by atoms with Gasteiger partial charge in [-0.2, -0.15) is 0 Å². The van der Waals surface area contributed by atoms with Crippen molar-refractivity contribution in [3.8, 4) is 0 Å². The number of carboxylic acids is 2. The molecular formula is C10H14O7. The van der Waals surface area contributed by atoms with Crippen LogP contribution >= 0.6 is 0 Å². The molecule has 0 aromatic heterocycles. The molecule has 96 valence electrons. The van der Waals surface area contributed by atoms with Crippen LogP contribution in [0.1, 0.15) is 6.42 Å². The minimum Gasteiger partial charge on any atom is -0.478 e. The second-order valence-electron chi connectivity index (χ2n) is 2.46. The van der Waals surface area contributed by atoms with E-state index in [1.54, 1.807) is 0 Å². The molecule has 0 fully saturated rings. The Hall–Kier alpha value is -2.15. The van der Waals surface area contributed by atoms with E-state index in [9.17, 15) is 14.4 Å². The van der Waals surface area contributed by atoms with E-state index in [1.807, 2.05) is 0 Å². The van der Waals surface area contributed by atoms with Crippen LogP contribution in [0.4, 0.5) is 0 Å². The minimum absolute atomic E-state index is 0.0596. The maximum atomic E-state index is 10.6. The first-order valence-electron chi connectivity index (χ1n) is 4.48. The number of rotatable bonds is 6. The molecule has 7 nitrogen and oxygen atoms in total. The Bertz CT molecular complexity index is 293. The molecule has 7 heteroatoms. The lowest BCUT2D eigenvalue weighted by atomic mass is 10.5. The highest BCUT2D eigenvalue weighted by Gasteiger charge is 1.96. The Labute approximate surface area is 97.6 Å². The molecule has 0 rings (SSSR count). The van der Waals surface area contributed by atoms with Crippen LogP contribution in [0.25, 0.3) is 0 Å². The lowest BCUT2D eigenvalue weighted by molar-refractivity contribution is -0.139. The third kappa shape index (κ3) is 20.0. The van der Waals surface area contributed by atoms with Crippen LogP contribution in [0, 0.1) is 0 Å². The number of ether oxygens (including phenoxy) is 1. The molecule has 0 aliphatic carbocycles. The average Bonchev–Trinajstić information content (AvgIpc) is 2.27. The van der Waals surface area contributed by atoms with Gasteiger partial charge in [0, 0.05) is 31.3 Å². The molecule has 17 heavy (non-hydrogen) atoms. The Morgan fingerprint density at radius 3 is 2.00 bits per heavy atom. The highest BCUT2D eigenvalue weighted by atomic mass is 16.5. The molecular weight excluding hydrogens is 232 g/mol. The first-order valence-corrected chi connectivity index (χ1v) is 4.48. The summed E-state index contributed by atoms with van der Waals surface area (Å²) >= 11 is 0. The predicted octanol–water partition coefficient (Wildman–Crippen LogP) is -0.190. The summed E-state index contributed by atoms with van der Waals surface area (Å²) in [6.07, 6.45) is 2.70. The summed E-state index contributed by atoms with van der Waals surface area (Å²) in [5, 5.41) is 24.0.